The number of nitrogens with two attached hydrogens (primary N) is 1. The van der Waals surface area contributed by atoms with Gasteiger partial charge in [0.05, 0.1) is 0 Å². The fraction of sp³-hybridized carbons (Fsp3) is 1.00. The van der Waals surface area contributed by atoms with Gasteiger partial charge < -0.3 is 11.1 Å². The van der Waals surface area contributed by atoms with Crippen molar-refractivity contribution in [1.29, 1.82) is 0 Å². The van der Waals surface area contributed by atoms with Gasteiger partial charge in [0, 0.05) is 12.1 Å². The molecule has 7 heavy (non-hydrogen) atoms. The summed E-state index contributed by atoms with van der Waals surface area (Å²) in [4.78, 5) is 0. The summed E-state index contributed by atoms with van der Waals surface area (Å²) in [6.07, 6.45) is 2.33. The van der Waals surface area contributed by atoms with Crippen molar-refractivity contribution in [3.05, 3.63) is 0 Å². The first kappa shape index (κ1) is 5.06. The first-order valence-corrected chi connectivity index (χ1v) is 2.76. The highest BCUT2D eigenvalue weighted by molar-refractivity contribution is 4.86. The molecule has 0 spiro atoms. The molecule has 0 unspecified atom stereocenters. The maximum Gasteiger partial charge on any atom is 0.00935 e. The topological polar surface area (TPSA) is 38.0 Å². The molecule has 0 heterocycles. The van der Waals surface area contributed by atoms with Crippen molar-refractivity contribution >= 4 is 0 Å². The van der Waals surface area contributed by atoms with E-state index in [1.165, 1.54) is 0 Å². The van der Waals surface area contributed by atoms with E-state index in [0.717, 1.165) is 18.9 Å². The third kappa shape index (κ3) is 0.924. The Morgan fingerprint density at radius 2 is 2.14 bits per heavy atom. The zero-order valence-corrected chi connectivity index (χ0v) is 4.65. The van der Waals surface area contributed by atoms with Crippen LogP contribution in [0.3, 0.4) is 0 Å². The average molecular weight is 100 g/mol. The Hall–Kier alpha value is -0.0800. The van der Waals surface area contributed by atoms with Crippen molar-refractivity contribution in [3.8, 4) is 0 Å². The highest BCUT2D eigenvalue weighted by atomic mass is 14.9. The monoisotopic (exact) mass is 100 g/mol. The first-order valence-electron chi connectivity index (χ1n) is 2.76. The Morgan fingerprint density at radius 1 is 1.57 bits per heavy atom. The van der Waals surface area contributed by atoms with Crippen molar-refractivity contribution in [2.75, 3.05) is 7.05 Å². The Morgan fingerprint density at radius 3 is 2.29 bits per heavy atom. The van der Waals surface area contributed by atoms with Crippen LogP contribution in [0, 0.1) is 0 Å². The van der Waals surface area contributed by atoms with Gasteiger partial charge in [-0.1, -0.05) is 0 Å². The zero-order valence-electron chi connectivity index (χ0n) is 4.65. The predicted octanol–water partition coefficient (Wildman–Crippen LogP) is -0.305. The molecular weight excluding hydrogens is 88.1 g/mol. The Balaban J connectivity index is 2.06. The van der Waals surface area contributed by atoms with Crippen LogP contribution in [-0.2, 0) is 0 Å². The normalized spacial score (nSPS) is 40.3. The number of nitrogens with one attached hydrogen (secondary N) is 1. The van der Waals surface area contributed by atoms with Gasteiger partial charge in [0.2, 0.25) is 0 Å². The molecule has 0 aromatic heterocycles. The van der Waals surface area contributed by atoms with Gasteiger partial charge in [0.25, 0.3) is 0 Å². The van der Waals surface area contributed by atoms with Crippen molar-refractivity contribution in [3.63, 3.8) is 0 Å². The average Bonchev–Trinajstić information content (AvgIpc) is 1.58. The maximum atomic E-state index is 5.50. The van der Waals surface area contributed by atoms with Gasteiger partial charge in [-0.25, -0.2) is 0 Å². The second-order valence-corrected chi connectivity index (χ2v) is 2.22. The maximum absolute atomic E-state index is 5.50. The molecule has 0 atom stereocenters. The van der Waals surface area contributed by atoms with E-state index in [2.05, 4.69) is 5.32 Å². The molecule has 1 rings (SSSR count). The first-order chi connectivity index (χ1) is 3.33. The molecule has 0 aromatic rings. The Labute approximate surface area is 44.1 Å². The molecule has 0 bridgehead atoms. The second kappa shape index (κ2) is 1.80. The molecule has 1 aliphatic rings. The van der Waals surface area contributed by atoms with Gasteiger partial charge in [-0.15, -0.1) is 0 Å². The predicted molar refractivity (Wildman–Crippen MR) is 30.1 cm³/mol. The summed E-state index contributed by atoms with van der Waals surface area (Å²) in [5.41, 5.74) is 5.50. The third-order valence-electron chi connectivity index (χ3n) is 1.58. The molecule has 3 N–H and O–H groups in total. The van der Waals surface area contributed by atoms with Crippen molar-refractivity contribution < 1.29 is 0 Å². The minimum Gasteiger partial charge on any atom is -0.328 e. The van der Waals surface area contributed by atoms with Crippen LogP contribution in [0.4, 0.5) is 0 Å². The highest BCUT2D eigenvalue weighted by Gasteiger charge is 2.23. The molecule has 42 valence electrons. The number of hydrogen-bond donors (Lipinski definition) is 2. The SMILES string of the molecule is CN[C@H]1C[C@@H](N)C1. The molecule has 2 heteroatoms. The summed E-state index contributed by atoms with van der Waals surface area (Å²) in [6.45, 7) is 0. The van der Waals surface area contributed by atoms with E-state index in [0.29, 0.717) is 6.04 Å². The van der Waals surface area contributed by atoms with Crippen LogP contribution in [0.25, 0.3) is 0 Å². The lowest BCUT2D eigenvalue weighted by Gasteiger charge is -2.31. The minimum atomic E-state index is 0.484. The standard InChI is InChI=1S/C5H12N2/c1-7-5-2-4(6)3-5/h4-5,7H,2-3,6H2,1H3/t4-,5+. The van der Waals surface area contributed by atoms with Crippen molar-refractivity contribution in [2.45, 2.75) is 24.9 Å². The van der Waals surface area contributed by atoms with Gasteiger partial charge in [-0.2, -0.15) is 0 Å². The molecule has 0 aromatic carbocycles. The van der Waals surface area contributed by atoms with Crippen LogP contribution in [0.2, 0.25) is 0 Å². The molecule has 1 saturated carbocycles. The van der Waals surface area contributed by atoms with Crippen molar-refractivity contribution in [2.24, 2.45) is 5.73 Å². The van der Waals surface area contributed by atoms with Gasteiger partial charge in [-0.3, -0.25) is 0 Å². The molecule has 2 nitrogen and oxygen atoms in total. The lowest BCUT2D eigenvalue weighted by atomic mass is 9.88. The van der Waals surface area contributed by atoms with E-state index in [9.17, 15) is 0 Å². The molecular formula is C5H12N2. The summed E-state index contributed by atoms with van der Waals surface area (Å²) in [5, 5.41) is 3.15. The van der Waals surface area contributed by atoms with Crippen LogP contribution in [0.1, 0.15) is 12.8 Å². The van der Waals surface area contributed by atoms with Crippen LogP contribution in [0.5, 0.6) is 0 Å². The van der Waals surface area contributed by atoms with E-state index in [1.54, 1.807) is 0 Å². The molecule has 0 radical (unpaired) electrons. The third-order valence-corrected chi connectivity index (χ3v) is 1.58. The molecule has 0 amide bonds. The lowest BCUT2D eigenvalue weighted by Crippen LogP contribution is -2.46. The fourth-order valence-corrected chi connectivity index (χ4v) is 0.898. The number of hydrogen-bond acceptors (Lipinski definition) is 2. The Kier molecular flexibility index (Phi) is 1.30. The van der Waals surface area contributed by atoms with Crippen LogP contribution < -0.4 is 11.1 Å². The smallest absolute Gasteiger partial charge is 0.00935 e. The number of rotatable bonds is 1. The molecule has 0 saturated heterocycles. The van der Waals surface area contributed by atoms with Crippen LogP contribution in [0.15, 0.2) is 0 Å². The summed E-state index contributed by atoms with van der Waals surface area (Å²) in [7, 11) is 1.98. The second-order valence-electron chi connectivity index (χ2n) is 2.22. The van der Waals surface area contributed by atoms with Gasteiger partial charge in [0.15, 0.2) is 0 Å². The summed E-state index contributed by atoms with van der Waals surface area (Å²) < 4.78 is 0. The van der Waals surface area contributed by atoms with E-state index >= 15 is 0 Å². The lowest BCUT2D eigenvalue weighted by molar-refractivity contribution is 0.308. The summed E-state index contributed by atoms with van der Waals surface area (Å²) in [6, 6.07) is 1.20. The van der Waals surface area contributed by atoms with E-state index < -0.39 is 0 Å². The minimum absolute atomic E-state index is 0.484. The highest BCUT2D eigenvalue weighted by Crippen LogP contribution is 2.15. The van der Waals surface area contributed by atoms with Crippen LogP contribution in [-0.4, -0.2) is 19.1 Å². The van der Waals surface area contributed by atoms with E-state index in [-0.39, 0.29) is 0 Å². The van der Waals surface area contributed by atoms with Crippen molar-refractivity contribution in [1.82, 2.24) is 5.32 Å². The Bertz CT molecular complexity index is 57.1. The van der Waals surface area contributed by atoms with Gasteiger partial charge >= 0.3 is 0 Å². The van der Waals surface area contributed by atoms with Gasteiger partial charge in [-0.05, 0) is 19.9 Å². The summed E-state index contributed by atoms with van der Waals surface area (Å²) >= 11 is 0. The summed E-state index contributed by atoms with van der Waals surface area (Å²) in [5.74, 6) is 0. The van der Waals surface area contributed by atoms with E-state index in [4.69, 9.17) is 5.73 Å². The largest absolute Gasteiger partial charge is 0.328 e. The quantitative estimate of drug-likeness (QED) is 0.474. The van der Waals surface area contributed by atoms with Gasteiger partial charge in [0.1, 0.15) is 0 Å². The van der Waals surface area contributed by atoms with Crippen LogP contribution >= 0.6 is 0 Å². The molecule has 1 aliphatic carbocycles. The molecule has 0 aliphatic heterocycles. The molecule has 1 fully saturated rings. The fourth-order valence-electron chi connectivity index (χ4n) is 0.898. The zero-order chi connectivity index (χ0) is 5.28. The van der Waals surface area contributed by atoms with E-state index in [1.807, 2.05) is 7.05 Å².